The monoisotopic (exact) mass is 398 g/mol. The molecule has 28 heavy (non-hydrogen) atoms. The number of para-hydroxylation sites is 1. The molecular weight excluding hydrogens is 376 g/mol. The third kappa shape index (κ3) is 4.28. The lowest BCUT2D eigenvalue weighted by atomic mass is 10.1. The molecule has 0 saturated heterocycles. The van der Waals surface area contributed by atoms with Crippen LogP contribution in [0.25, 0.3) is 11.3 Å². The van der Waals surface area contributed by atoms with Gasteiger partial charge in [0.1, 0.15) is 5.69 Å². The van der Waals surface area contributed by atoms with Gasteiger partial charge in [-0.2, -0.15) is 0 Å². The van der Waals surface area contributed by atoms with Crippen LogP contribution in [-0.4, -0.2) is 40.9 Å². The summed E-state index contributed by atoms with van der Waals surface area (Å²) in [6.07, 6.45) is 0. The van der Waals surface area contributed by atoms with Gasteiger partial charge in [0.25, 0.3) is 5.91 Å². The third-order valence-electron chi connectivity index (χ3n) is 4.06. The standard InChI is InChI=1S/C20H22N4O3S/c1-4-28-13-24-19(20(25)21-15-8-6-5-7-9-15)18(22-23-24)14-10-11-16(26-2)17(12-14)27-3/h5-12H,4,13H2,1-3H3,(H,21,25). The summed E-state index contributed by atoms with van der Waals surface area (Å²) in [5, 5.41) is 11.4. The quantitative estimate of drug-likeness (QED) is 0.620. The van der Waals surface area contributed by atoms with Gasteiger partial charge in [-0.1, -0.05) is 30.3 Å². The van der Waals surface area contributed by atoms with Crippen molar-refractivity contribution in [2.45, 2.75) is 12.8 Å². The van der Waals surface area contributed by atoms with Crippen LogP contribution in [0.1, 0.15) is 17.4 Å². The number of anilines is 1. The lowest BCUT2D eigenvalue weighted by molar-refractivity contribution is 0.101. The van der Waals surface area contributed by atoms with E-state index < -0.39 is 0 Å². The van der Waals surface area contributed by atoms with E-state index in [0.717, 1.165) is 11.3 Å². The fourth-order valence-corrected chi connectivity index (χ4v) is 3.23. The molecule has 1 N–H and O–H groups in total. The molecule has 0 aliphatic carbocycles. The molecule has 2 aromatic carbocycles. The van der Waals surface area contributed by atoms with E-state index in [0.29, 0.717) is 34.5 Å². The summed E-state index contributed by atoms with van der Waals surface area (Å²) in [6.45, 7) is 2.06. The molecule has 3 rings (SSSR count). The number of aromatic nitrogens is 3. The van der Waals surface area contributed by atoms with Crippen molar-refractivity contribution >= 4 is 23.4 Å². The average molecular weight is 398 g/mol. The molecule has 0 saturated carbocycles. The van der Waals surface area contributed by atoms with Gasteiger partial charge < -0.3 is 14.8 Å². The molecule has 0 aliphatic heterocycles. The lowest BCUT2D eigenvalue weighted by Crippen LogP contribution is -2.18. The van der Waals surface area contributed by atoms with Crippen LogP contribution in [-0.2, 0) is 5.88 Å². The number of nitrogens with zero attached hydrogens (tertiary/aromatic N) is 3. The van der Waals surface area contributed by atoms with Gasteiger partial charge in [0.05, 0.1) is 20.1 Å². The summed E-state index contributed by atoms with van der Waals surface area (Å²) in [5.41, 5.74) is 2.33. The van der Waals surface area contributed by atoms with Crippen LogP contribution in [0.2, 0.25) is 0 Å². The summed E-state index contributed by atoms with van der Waals surface area (Å²) in [4.78, 5) is 13.1. The topological polar surface area (TPSA) is 78.3 Å². The second kappa shape index (κ2) is 9.27. The first-order chi connectivity index (χ1) is 13.7. The van der Waals surface area contributed by atoms with Crippen LogP contribution in [0.5, 0.6) is 11.5 Å². The largest absolute Gasteiger partial charge is 0.493 e. The van der Waals surface area contributed by atoms with Gasteiger partial charge >= 0.3 is 0 Å². The fraction of sp³-hybridized carbons (Fsp3) is 0.250. The summed E-state index contributed by atoms with van der Waals surface area (Å²) >= 11 is 1.66. The number of carbonyl (C=O) groups is 1. The highest BCUT2D eigenvalue weighted by Gasteiger charge is 2.23. The average Bonchev–Trinajstić information content (AvgIpc) is 3.16. The molecule has 0 aliphatic rings. The molecule has 8 heteroatoms. The third-order valence-corrected chi connectivity index (χ3v) is 4.89. The van der Waals surface area contributed by atoms with Crippen LogP contribution < -0.4 is 14.8 Å². The first-order valence-corrected chi connectivity index (χ1v) is 9.93. The second-order valence-corrected chi connectivity index (χ2v) is 7.04. The van der Waals surface area contributed by atoms with E-state index in [4.69, 9.17) is 9.47 Å². The summed E-state index contributed by atoms with van der Waals surface area (Å²) < 4.78 is 12.3. The number of rotatable bonds is 8. The smallest absolute Gasteiger partial charge is 0.276 e. The van der Waals surface area contributed by atoms with Crippen molar-refractivity contribution in [2.24, 2.45) is 0 Å². The second-order valence-electron chi connectivity index (χ2n) is 5.80. The number of nitrogens with one attached hydrogen (secondary N) is 1. The molecule has 0 spiro atoms. The van der Waals surface area contributed by atoms with Gasteiger partial charge in [-0.05, 0) is 36.1 Å². The van der Waals surface area contributed by atoms with Gasteiger partial charge in [0, 0.05) is 11.3 Å². The van der Waals surface area contributed by atoms with Crippen molar-refractivity contribution in [1.29, 1.82) is 0 Å². The molecular formula is C20H22N4O3S. The number of carbonyl (C=O) groups excluding carboxylic acids is 1. The van der Waals surface area contributed by atoms with Crippen LogP contribution in [0, 0.1) is 0 Å². The molecule has 146 valence electrons. The Morgan fingerprint density at radius 3 is 2.54 bits per heavy atom. The molecule has 3 aromatic rings. The minimum Gasteiger partial charge on any atom is -0.493 e. The van der Waals surface area contributed by atoms with E-state index >= 15 is 0 Å². The van der Waals surface area contributed by atoms with E-state index in [1.807, 2.05) is 36.4 Å². The first kappa shape index (κ1) is 19.8. The Labute approximate surface area is 168 Å². The first-order valence-electron chi connectivity index (χ1n) is 8.78. The van der Waals surface area contributed by atoms with Crippen molar-refractivity contribution in [2.75, 3.05) is 25.3 Å². The molecule has 0 atom stereocenters. The Morgan fingerprint density at radius 2 is 1.86 bits per heavy atom. The van der Waals surface area contributed by atoms with Gasteiger partial charge in [-0.25, -0.2) is 4.68 Å². The predicted octanol–water partition coefficient (Wildman–Crippen LogP) is 3.93. The van der Waals surface area contributed by atoms with Crippen molar-refractivity contribution in [1.82, 2.24) is 15.0 Å². The number of benzene rings is 2. The Kier molecular flexibility index (Phi) is 6.54. The normalized spacial score (nSPS) is 10.5. The number of amides is 1. The number of ether oxygens (including phenoxy) is 2. The van der Waals surface area contributed by atoms with Gasteiger partial charge in [0.2, 0.25) is 0 Å². The molecule has 0 bridgehead atoms. The number of thioether (sulfide) groups is 1. The predicted molar refractivity (Wildman–Crippen MR) is 111 cm³/mol. The number of methoxy groups -OCH3 is 2. The van der Waals surface area contributed by atoms with Gasteiger partial charge in [-0.3, -0.25) is 4.79 Å². The minimum atomic E-state index is -0.266. The van der Waals surface area contributed by atoms with Crippen LogP contribution >= 0.6 is 11.8 Å². The molecule has 0 unspecified atom stereocenters. The van der Waals surface area contributed by atoms with E-state index in [9.17, 15) is 4.79 Å². The van der Waals surface area contributed by atoms with E-state index in [-0.39, 0.29) is 5.91 Å². The summed E-state index contributed by atoms with van der Waals surface area (Å²) in [7, 11) is 3.15. The lowest BCUT2D eigenvalue weighted by Gasteiger charge is -2.11. The van der Waals surface area contributed by atoms with Crippen molar-refractivity contribution in [3.63, 3.8) is 0 Å². The SMILES string of the molecule is CCSCn1nnc(-c2ccc(OC)c(OC)c2)c1C(=O)Nc1ccccc1. The Bertz CT molecular complexity index is 944. The highest BCUT2D eigenvalue weighted by atomic mass is 32.2. The van der Waals surface area contributed by atoms with E-state index in [1.165, 1.54) is 0 Å². The van der Waals surface area contributed by atoms with Crippen molar-refractivity contribution in [3.05, 3.63) is 54.2 Å². The molecule has 1 aromatic heterocycles. The number of hydrogen-bond donors (Lipinski definition) is 1. The van der Waals surface area contributed by atoms with Crippen molar-refractivity contribution < 1.29 is 14.3 Å². The molecule has 1 amide bonds. The number of hydrogen-bond acceptors (Lipinski definition) is 6. The van der Waals surface area contributed by atoms with Crippen LogP contribution in [0.3, 0.4) is 0 Å². The van der Waals surface area contributed by atoms with Gasteiger partial charge in [-0.15, -0.1) is 16.9 Å². The molecule has 0 radical (unpaired) electrons. The van der Waals surface area contributed by atoms with Crippen LogP contribution in [0.4, 0.5) is 5.69 Å². The molecule has 7 nitrogen and oxygen atoms in total. The highest BCUT2D eigenvalue weighted by molar-refractivity contribution is 7.98. The summed E-state index contributed by atoms with van der Waals surface area (Å²) in [5.74, 6) is 2.35. The zero-order valence-corrected chi connectivity index (χ0v) is 16.8. The molecule has 1 heterocycles. The Morgan fingerprint density at radius 1 is 1.11 bits per heavy atom. The van der Waals surface area contributed by atoms with Crippen LogP contribution in [0.15, 0.2) is 48.5 Å². The van der Waals surface area contributed by atoms with Crippen molar-refractivity contribution in [3.8, 4) is 22.8 Å². The minimum absolute atomic E-state index is 0.266. The maximum Gasteiger partial charge on any atom is 0.276 e. The highest BCUT2D eigenvalue weighted by Crippen LogP contribution is 2.33. The van der Waals surface area contributed by atoms with E-state index in [1.54, 1.807) is 42.8 Å². The molecule has 0 fully saturated rings. The van der Waals surface area contributed by atoms with E-state index in [2.05, 4.69) is 22.6 Å². The Hall–Kier alpha value is -3.00. The zero-order valence-electron chi connectivity index (χ0n) is 16.0. The Balaban J connectivity index is 2.02. The maximum absolute atomic E-state index is 13.1. The summed E-state index contributed by atoms with van der Waals surface area (Å²) in [6, 6.07) is 14.7. The van der Waals surface area contributed by atoms with Gasteiger partial charge in [0.15, 0.2) is 17.2 Å². The maximum atomic E-state index is 13.1. The zero-order chi connectivity index (χ0) is 19.9. The fourth-order valence-electron chi connectivity index (χ4n) is 2.70.